The zero-order valence-electron chi connectivity index (χ0n) is 13.3. The van der Waals surface area contributed by atoms with E-state index in [0.29, 0.717) is 35.1 Å². The molecule has 7 heteroatoms. The minimum atomic E-state index is -0.558. The summed E-state index contributed by atoms with van der Waals surface area (Å²) >= 11 is 0. The third kappa shape index (κ3) is 3.02. The standard InChI is InChI=1S/C17H18FN3O3/c1-2-3-14-19-16-13(10-15(22)20-16)17(23)21(14)11-4-6-12(7-5-11)24-9-8-18/h4-7H,2-3,8-10H2,1H3,(H,20,22). The Morgan fingerprint density at radius 3 is 2.71 bits per heavy atom. The van der Waals surface area contributed by atoms with Crippen LogP contribution in [0.3, 0.4) is 0 Å². The fourth-order valence-corrected chi connectivity index (χ4v) is 2.70. The van der Waals surface area contributed by atoms with Crippen LogP contribution in [0.4, 0.5) is 10.2 Å². The van der Waals surface area contributed by atoms with E-state index in [1.54, 1.807) is 24.3 Å². The van der Waals surface area contributed by atoms with Gasteiger partial charge < -0.3 is 10.1 Å². The molecule has 1 aliphatic rings. The first kappa shape index (κ1) is 16.2. The van der Waals surface area contributed by atoms with Gasteiger partial charge in [-0.2, -0.15) is 0 Å². The number of hydrogen-bond donors (Lipinski definition) is 1. The van der Waals surface area contributed by atoms with E-state index >= 15 is 0 Å². The molecule has 2 aromatic rings. The molecule has 1 N–H and O–H groups in total. The molecule has 3 rings (SSSR count). The van der Waals surface area contributed by atoms with Crippen LogP contribution in [0.5, 0.6) is 5.75 Å². The highest BCUT2D eigenvalue weighted by molar-refractivity contribution is 5.97. The Morgan fingerprint density at radius 1 is 1.29 bits per heavy atom. The summed E-state index contributed by atoms with van der Waals surface area (Å²) in [5.41, 5.74) is 0.794. The molecule has 1 aromatic carbocycles. The Morgan fingerprint density at radius 2 is 2.04 bits per heavy atom. The van der Waals surface area contributed by atoms with E-state index in [4.69, 9.17) is 4.74 Å². The van der Waals surface area contributed by atoms with Crippen LogP contribution in [0.25, 0.3) is 5.69 Å². The highest BCUT2D eigenvalue weighted by Crippen LogP contribution is 2.21. The summed E-state index contributed by atoms with van der Waals surface area (Å²) < 4.78 is 18.9. The molecule has 0 fully saturated rings. The van der Waals surface area contributed by atoms with Gasteiger partial charge in [-0.3, -0.25) is 14.2 Å². The van der Waals surface area contributed by atoms with Crippen LogP contribution in [0.15, 0.2) is 29.1 Å². The van der Waals surface area contributed by atoms with E-state index in [1.807, 2.05) is 6.92 Å². The van der Waals surface area contributed by atoms with Crippen molar-refractivity contribution in [3.8, 4) is 11.4 Å². The summed E-state index contributed by atoms with van der Waals surface area (Å²) in [5, 5.41) is 2.63. The quantitative estimate of drug-likeness (QED) is 0.879. The van der Waals surface area contributed by atoms with E-state index in [1.165, 1.54) is 4.57 Å². The lowest BCUT2D eigenvalue weighted by Gasteiger charge is -2.14. The number of nitrogens with one attached hydrogen (secondary N) is 1. The monoisotopic (exact) mass is 331 g/mol. The largest absolute Gasteiger partial charge is 0.491 e. The second-order valence-corrected chi connectivity index (χ2v) is 5.50. The molecule has 1 amide bonds. The number of halogens is 1. The van der Waals surface area contributed by atoms with Gasteiger partial charge in [-0.1, -0.05) is 6.92 Å². The van der Waals surface area contributed by atoms with Crippen molar-refractivity contribution in [1.29, 1.82) is 0 Å². The average Bonchev–Trinajstić information content (AvgIpc) is 2.95. The first-order valence-electron chi connectivity index (χ1n) is 7.88. The number of aromatic nitrogens is 2. The minimum Gasteiger partial charge on any atom is -0.491 e. The molecule has 0 bridgehead atoms. The number of carbonyl (C=O) groups excluding carboxylic acids is 1. The molecule has 1 aliphatic heterocycles. The fraction of sp³-hybridized carbons (Fsp3) is 0.353. The molecule has 0 spiro atoms. The number of hydrogen-bond acceptors (Lipinski definition) is 4. The first-order chi connectivity index (χ1) is 11.6. The molecule has 0 unspecified atom stereocenters. The van der Waals surface area contributed by atoms with Gasteiger partial charge >= 0.3 is 0 Å². The smallest absolute Gasteiger partial charge is 0.263 e. The molecular weight excluding hydrogens is 313 g/mol. The predicted molar refractivity (Wildman–Crippen MR) is 87.6 cm³/mol. The Labute approximate surface area is 138 Å². The number of nitrogens with zero attached hydrogens (tertiary/aromatic N) is 2. The average molecular weight is 331 g/mol. The van der Waals surface area contributed by atoms with Crippen molar-refractivity contribution >= 4 is 11.7 Å². The van der Waals surface area contributed by atoms with Gasteiger partial charge in [-0.05, 0) is 30.7 Å². The molecule has 24 heavy (non-hydrogen) atoms. The van der Waals surface area contributed by atoms with Crippen LogP contribution in [-0.2, 0) is 17.6 Å². The maximum Gasteiger partial charge on any atom is 0.263 e. The lowest BCUT2D eigenvalue weighted by Crippen LogP contribution is -2.26. The third-order valence-corrected chi connectivity index (χ3v) is 3.76. The number of aryl methyl sites for hydroxylation is 1. The molecule has 6 nitrogen and oxygen atoms in total. The van der Waals surface area contributed by atoms with Crippen molar-refractivity contribution in [2.45, 2.75) is 26.2 Å². The maximum absolute atomic E-state index is 12.8. The van der Waals surface area contributed by atoms with Gasteiger partial charge in [-0.25, -0.2) is 9.37 Å². The molecule has 0 saturated heterocycles. The number of rotatable bonds is 6. The van der Waals surface area contributed by atoms with E-state index in [0.717, 1.165) is 6.42 Å². The fourth-order valence-electron chi connectivity index (χ4n) is 2.70. The first-order valence-corrected chi connectivity index (χ1v) is 7.88. The van der Waals surface area contributed by atoms with Gasteiger partial charge in [0.2, 0.25) is 5.91 Å². The number of amides is 1. The molecule has 2 heterocycles. The zero-order chi connectivity index (χ0) is 17.1. The Balaban J connectivity index is 2.05. The van der Waals surface area contributed by atoms with Crippen molar-refractivity contribution in [3.05, 3.63) is 46.0 Å². The van der Waals surface area contributed by atoms with Crippen molar-refractivity contribution in [2.75, 3.05) is 18.6 Å². The molecular formula is C17H18FN3O3. The van der Waals surface area contributed by atoms with Crippen molar-refractivity contribution < 1.29 is 13.9 Å². The molecule has 0 radical (unpaired) electrons. The van der Waals surface area contributed by atoms with E-state index < -0.39 is 6.67 Å². The van der Waals surface area contributed by atoms with E-state index in [2.05, 4.69) is 10.3 Å². The topological polar surface area (TPSA) is 73.2 Å². The predicted octanol–water partition coefficient (Wildman–Crippen LogP) is 2.03. The van der Waals surface area contributed by atoms with Gasteiger partial charge in [0.15, 0.2) is 0 Å². The normalized spacial score (nSPS) is 12.8. The Hall–Kier alpha value is -2.70. The van der Waals surface area contributed by atoms with E-state index in [-0.39, 0.29) is 24.5 Å². The Kier molecular flexibility index (Phi) is 4.59. The summed E-state index contributed by atoms with van der Waals surface area (Å²) in [7, 11) is 0. The van der Waals surface area contributed by atoms with Crippen LogP contribution >= 0.6 is 0 Å². The van der Waals surface area contributed by atoms with Crippen LogP contribution in [-0.4, -0.2) is 28.7 Å². The maximum atomic E-state index is 12.8. The highest BCUT2D eigenvalue weighted by Gasteiger charge is 2.25. The van der Waals surface area contributed by atoms with Crippen molar-refractivity contribution in [3.63, 3.8) is 0 Å². The third-order valence-electron chi connectivity index (χ3n) is 3.76. The summed E-state index contributed by atoms with van der Waals surface area (Å²) in [6.45, 7) is 1.43. The number of alkyl halides is 1. The summed E-state index contributed by atoms with van der Waals surface area (Å²) in [6.07, 6.45) is 1.47. The SMILES string of the molecule is CCCc1nc2c(c(=O)n1-c1ccc(OCCF)cc1)CC(=O)N2. The lowest BCUT2D eigenvalue weighted by atomic mass is 10.2. The van der Waals surface area contributed by atoms with Gasteiger partial charge in [0.05, 0.1) is 17.7 Å². The van der Waals surface area contributed by atoms with Gasteiger partial charge in [-0.15, -0.1) is 0 Å². The van der Waals surface area contributed by atoms with Crippen LogP contribution < -0.4 is 15.6 Å². The second-order valence-electron chi connectivity index (χ2n) is 5.50. The van der Waals surface area contributed by atoms with Crippen LogP contribution in [0.1, 0.15) is 24.7 Å². The van der Waals surface area contributed by atoms with Crippen molar-refractivity contribution in [2.24, 2.45) is 0 Å². The zero-order valence-corrected chi connectivity index (χ0v) is 13.3. The number of anilines is 1. The number of fused-ring (bicyclic) bond motifs is 1. The lowest BCUT2D eigenvalue weighted by molar-refractivity contribution is -0.115. The number of ether oxygens (including phenoxy) is 1. The second kappa shape index (κ2) is 6.82. The van der Waals surface area contributed by atoms with Crippen molar-refractivity contribution in [1.82, 2.24) is 9.55 Å². The molecule has 0 saturated carbocycles. The highest BCUT2D eigenvalue weighted by atomic mass is 19.1. The summed E-state index contributed by atoms with van der Waals surface area (Å²) in [4.78, 5) is 28.8. The number of benzene rings is 1. The molecule has 0 aliphatic carbocycles. The number of carbonyl (C=O) groups is 1. The van der Waals surface area contributed by atoms with Gasteiger partial charge in [0, 0.05) is 6.42 Å². The van der Waals surface area contributed by atoms with Gasteiger partial charge in [0.1, 0.15) is 30.7 Å². The molecule has 0 atom stereocenters. The van der Waals surface area contributed by atoms with E-state index in [9.17, 15) is 14.0 Å². The van der Waals surface area contributed by atoms with Gasteiger partial charge in [0.25, 0.3) is 5.56 Å². The molecule has 1 aromatic heterocycles. The van der Waals surface area contributed by atoms with Crippen LogP contribution in [0.2, 0.25) is 0 Å². The summed E-state index contributed by atoms with van der Waals surface area (Å²) in [6, 6.07) is 6.83. The molecule has 126 valence electrons. The summed E-state index contributed by atoms with van der Waals surface area (Å²) in [5.74, 6) is 1.28. The minimum absolute atomic E-state index is 0.00540. The van der Waals surface area contributed by atoms with Crippen LogP contribution in [0, 0.1) is 0 Å². The Bertz CT molecular complexity index is 815.